The third kappa shape index (κ3) is 3.69. The minimum atomic E-state index is -0.854. The summed E-state index contributed by atoms with van der Waals surface area (Å²) in [6, 6.07) is 3.41. The number of amides is 1. The summed E-state index contributed by atoms with van der Waals surface area (Å²) >= 11 is 0. The molecule has 1 aromatic rings. The second-order valence-electron chi connectivity index (χ2n) is 5.75. The maximum Gasteiger partial charge on any atom is 0.272 e. The second kappa shape index (κ2) is 7.20. The number of hydrogen-bond donors (Lipinski definition) is 1. The fraction of sp³-hybridized carbons (Fsp3) is 0.533. The van der Waals surface area contributed by atoms with E-state index in [1.165, 1.54) is 12.1 Å². The van der Waals surface area contributed by atoms with Gasteiger partial charge >= 0.3 is 0 Å². The molecular weight excluding hydrogens is 321 g/mol. The Morgan fingerprint density at radius 2 is 2.29 bits per heavy atom. The van der Waals surface area contributed by atoms with Crippen molar-refractivity contribution in [1.29, 1.82) is 0 Å². The van der Waals surface area contributed by atoms with Gasteiger partial charge in [-0.15, -0.1) is 0 Å². The standard InChI is InChI=1S/C15H18FN3O5/c16-12-7-10(19(21)22)4-5-11(12)15(18-8-13(20)17-9-18)24-14-3-1-2-6-23-14/h4-5,7,14-15H,1-3,6,8-9H2,(H,17,20). The molecule has 0 bridgehead atoms. The van der Waals surface area contributed by atoms with Crippen LogP contribution in [0.1, 0.15) is 31.1 Å². The highest BCUT2D eigenvalue weighted by atomic mass is 19.1. The van der Waals surface area contributed by atoms with E-state index in [1.54, 1.807) is 4.90 Å². The third-order valence-corrected chi connectivity index (χ3v) is 4.04. The van der Waals surface area contributed by atoms with Crippen LogP contribution in [-0.4, -0.2) is 41.8 Å². The van der Waals surface area contributed by atoms with Gasteiger partial charge in [0.05, 0.1) is 24.2 Å². The first-order valence-corrected chi connectivity index (χ1v) is 7.76. The number of halogens is 1. The van der Waals surface area contributed by atoms with Gasteiger partial charge in [-0.1, -0.05) is 0 Å². The Hall–Kier alpha value is -2.10. The number of non-ortho nitro benzene ring substituents is 1. The van der Waals surface area contributed by atoms with Crippen LogP contribution >= 0.6 is 0 Å². The van der Waals surface area contributed by atoms with E-state index in [1.807, 2.05) is 0 Å². The van der Waals surface area contributed by atoms with Gasteiger partial charge in [0.15, 0.2) is 6.29 Å². The summed E-state index contributed by atoms with van der Waals surface area (Å²) in [4.78, 5) is 23.2. The summed E-state index contributed by atoms with van der Waals surface area (Å²) in [6.45, 7) is 0.845. The maximum atomic E-state index is 14.4. The van der Waals surface area contributed by atoms with Gasteiger partial charge in [-0.3, -0.25) is 14.9 Å². The van der Waals surface area contributed by atoms with Gasteiger partial charge in [0, 0.05) is 18.2 Å². The van der Waals surface area contributed by atoms with Crippen molar-refractivity contribution in [3.05, 3.63) is 39.7 Å². The molecule has 2 aliphatic heterocycles. The SMILES string of the molecule is O=C1CN(C(OC2CCCCO2)c2ccc([N+](=O)[O-])cc2F)CN1. The predicted octanol–water partition coefficient (Wildman–Crippen LogP) is 1.66. The van der Waals surface area contributed by atoms with Gasteiger partial charge in [0.1, 0.15) is 12.0 Å². The van der Waals surface area contributed by atoms with Crippen LogP contribution in [0.5, 0.6) is 0 Å². The molecule has 3 rings (SSSR count). The number of carbonyl (C=O) groups excluding carboxylic acids is 1. The van der Waals surface area contributed by atoms with Crippen LogP contribution in [0.2, 0.25) is 0 Å². The first kappa shape index (κ1) is 16.7. The zero-order chi connectivity index (χ0) is 17.1. The normalized spacial score (nSPS) is 23.0. The Balaban J connectivity index is 1.85. The Bertz CT molecular complexity index is 636. The predicted molar refractivity (Wildman–Crippen MR) is 80.2 cm³/mol. The highest BCUT2D eigenvalue weighted by molar-refractivity contribution is 5.79. The highest BCUT2D eigenvalue weighted by Gasteiger charge is 2.33. The third-order valence-electron chi connectivity index (χ3n) is 4.04. The molecule has 0 radical (unpaired) electrons. The largest absolute Gasteiger partial charge is 0.353 e. The fourth-order valence-electron chi connectivity index (χ4n) is 2.80. The molecule has 130 valence electrons. The van der Waals surface area contributed by atoms with Gasteiger partial charge in [-0.25, -0.2) is 9.29 Å². The van der Waals surface area contributed by atoms with E-state index in [0.717, 1.165) is 18.9 Å². The lowest BCUT2D eigenvalue weighted by Crippen LogP contribution is -2.35. The molecule has 2 unspecified atom stereocenters. The lowest BCUT2D eigenvalue weighted by Gasteiger charge is -2.32. The molecule has 1 aromatic carbocycles. The van der Waals surface area contributed by atoms with Crippen LogP contribution in [0.15, 0.2) is 18.2 Å². The van der Waals surface area contributed by atoms with Gasteiger partial charge in [0.25, 0.3) is 5.69 Å². The lowest BCUT2D eigenvalue weighted by atomic mass is 10.1. The molecule has 2 heterocycles. The van der Waals surface area contributed by atoms with Crippen molar-refractivity contribution in [1.82, 2.24) is 10.2 Å². The average molecular weight is 339 g/mol. The van der Waals surface area contributed by atoms with Gasteiger partial charge in [-0.2, -0.15) is 0 Å². The minimum Gasteiger partial charge on any atom is -0.353 e. The lowest BCUT2D eigenvalue weighted by molar-refractivity contribution is -0.385. The molecule has 0 spiro atoms. The van der Waals surface area contributed by atoms with Crippen LogP contribution < -0.4 is 5.32 Å². The Labute approximate surface area is 137 Å². The molecule has 0 saturated carbocycles. The molecule has 8 nitrogen and oxygen atoms in total. The number of nitro groups is 1. The van der Waals surface area contributed by atoms with E-state index in [2.05, 4.69) is 5.32 Å². The van der Waals surface area contributed by atoms with Gasteiger partial charge < -0.3 is 14.8 Å². The van der Waals surface area contributed by atoms with E-state index in [0.29, 0.717) is 13.0 Å². The molecule has 2 atom stereocenters. The monoisotopic (exact) mass is 339 g/mol. The minimum absolute atomic E-state index is 0.0633. The summed E-state index contributed by atoms with van der Waals surface area (Å²) < 4.78 is 25.8. The van der Waals surface area contributed by atoms with Crippen molar-refractivity contribution in [2.45, 2.75) is 31.8 Å². The Kier molecular flexibility index (Phi) is 5.03. The smallest absolute Gasteiger partial charge is 0.272 e. The number of hydrogen-bond acceptors (Lipinski definition) is 6. The summed E-state index contributed by atoms with van der Waals surface area (Å²) in [5.74, 6) is -0.931. The molecule has 9 heteroatoms. The van der Waals surface area contributed by atoms with E-state index in [9.17, 15) is 19.3 Å². The summed E-state index contributed by atoms with van der Waals surface area (Å²) in [6.07, 6.45) is 1.22. The van der Waals surface area contributed by atoms with Crippen LogP contribution in [0.3, 0.4) is 0 Å². The number of rotatable bonds is 5. The zero-order valence-corrected chi connectivity index (χ0v) is 12.9. The molecule has 2 saturated heterocycles. The Morgan fingerprint density at radius 3 is 2.88 bits per heavy atom. The average Bonchev–Trinajstić information content (AvgIpc) is 3.00. The zero-order valence-electron chi connectivity index (χ0n) is 12.9. The van der Waals surface area contributed by atoms with Crippen LogP contribution in [0, 0.1) is 15.9 Å². The van der Waals surface area contributed by atoms with Gasteiger partial charge in [-0.05, 0) is 25.3 Å². The molecule has 1 amide bonds. The number of nitro benzene ring substituents is 1. The molecule has 2 fully saturated rings. The molecule has 0 aromatic heterocycles. The van der Waals surface area contributed by atoms with Crippen molar-refractivity contribution < 1.29 is 23.6 Å². The molecule has 0 aliphatic carbocycles. The van der Waals surface area contributed by atoms with Crippen LogP contribution in [0.25, 0.3) is 0 Å². The van der Waals surface area contributed by atoms with Crippen molar-refractivity contribution in [3.8, 4) is 0 Å². The first-order valence-electron chi connectivity index (χ1n) is 7.76. The molecule has 1 N–H and O–H groups in total. The van der Waals surface area contributed by atoms with Crippen LogP contribution in [0.4, 0.5) is 10.1 Å². The second-order valence-corrected chi connectivity index (χ2v) is 5.75. The van der Waals surface area contributed by atoms with Crippen molar-refractivity contribution in [2.24, 2.45) is 0 Å². The van der Waals surface area contributed by atoms with E-state index in [-0.39, 0.29) is 30.4 Å². The number of nitrogens with one attached hydrogen (secondary N) is 1. The topological polar surface area (TPSA) is 93.9 Å². The molecular formula is C15H18FN3O5. The van der Waals surface area contributed by atoms with E-state index in [4.69, 9.17) is 9.47 Å². The van der Waals surface area contributed by atoms with Crippen molar-refractivity contribution in [3.63, 3.8) is 0 Å². The van der Waals surface area contributed by atoms with E-state index < -0.39 is 23.3 Å². The molecule has 24 heavy (non-hydrogen) atoms. The Morgan fingerprint density at radius 1 is 1.46 bits per heavy atom. The van der Waals surface area contributed by atoms with Crippen LogP contribution in [-0.2, 0) is 14.3 Å². The van der Waals surface area contributed by atoms with Crippen molar-refractivity contribution in [2.75, 3.05) is 19.8 Å². The molecule has 2 aliphatic rings. The van der Waals surface area contributed by atoms with Crippen molar-refractivity contribution >= 4 is 11.6 Å². The number of nitrogens with zero attached hydrogens (tertiary/aromatic N) is 2. The number of ether oxygens (including phenoxy) is 2. The first-order chi connectivity index (χ1) is 11.5. The van der Waals surface area contributed by atoms with Gasteiger partial charge in [0.2, 0.25) is 5.91 Å². The number of benzene rings is 1. The number of carbonyl (C=O) groups is 1. The summed E-state index contributed by atoms with van der Waals surface area (Å²) in [5.41, 5.74) is -0.189. The van der Waals surface area contributed by atoms with E-state index >= 15 is 0 Å². The maximum absolute atomic E-state index is 14.4. The quantitative estimate of drug-likeness (QED) is 0.648. The fourth-order valence-corrected chi connectivity index (χ4v) is 2.80. The highest BCUT2D eigenvalue weighted by Crippen LogP contribution is 2.31. The summed E-state index contributed by atoms with van der Waals surface area (Å²) in [5, 5.41) is 13.4. The summed E-state index contributed by atoms with van der Waals surface area (Å²) in [7, 11) is 0.